The van der Waals surface area contributed by atoms with Gasteiger partial charge in [-0.25, -0.2) is 4.79 Å². The fourth-order valence-electron chi connectivity index (χ4n) is 3.96. The molecule has 1 heterocycles. The Morgan fingerprint density at radius 2 is 1.47 bits per heavy atom. The summed E-state index contributed by atoms with van der Waals surface area (Å²) in [4.78, 5) is 47.1. The monoisotopic (exact) mass is 517 g/mol. The van der Waals surface area contributed by atoms with Crippen LogP contribution in [0.3, 0.4) is 0 Å². The number of carbonyl (C=O) groups excluding carboxylic acids is 4. The zero-order valence-corrected chi connectivity index (χ0v) is 22.2. The first kappa shape index (κ1) is 31.8. The van der Waals surface area contributed by atoms with Crippen molar-refractivity contribution in [1.29, 1.82) is 0 Å². The number of hydrogen-bond donors (Lipinski definition) is 1. The average molecular weight is 518 g/mol. The van der Waals surface area contributed by atoms with E-state index in [9.17, 15) is 19.2 Å². The molecule has 5 atom stereocenters. The van der Waals surface area contributed by atoms with E-state index in [1.807, 2.05) is 0 Å². The molecule has 0 aliphatic carbocycles. The van der Waals surface area contributed by atoms with Crippen LogP contribution >= 0.6 is 0 Å². The van der Waals surface area contributed by atoms with E-state index >= 15 is 0 Å². The number of ether oxygens (including phenoxy) is 6. The standard InChI is InChI=1S/C25H43NO10/c1-6-7-8-9-10-11-12-13-14-32-25-22(26-17(2)27)24(34-16-21(30)31-5)23(35-19(4)29)20(36-25)15-33-18(3)28/h20,22-25H,6-16H2,1-5H3,(H,26,27). The maximum absolute atomic E-state index is 12.0. The van der Waals surface area contributed by atoms with Crippen LogP contribution < -0.4 is 5.32 Å². The van der Waals surface area contributed by atoms with Crippen LogP contribution in [0.15, 0.2) is 0 Å². The highest BCUT2D eigenvalue weighted by Gasteiger charge is 2.50. The number of carbonyl (C=O) groups is 4. The molecule has 0 aromatic carbocycles. The maximum atomic E-state index is 12.0. The van der Waals surface area contributed by atoms with Crippen molar-refractivity contribution in [3.8, 4) is 0 Å². The molecule has 1 saturated heterocycles. The van der Waals surface area contributed by atoms with E-state index in [-0.39, 0.29) is 6.61 Å². The Bertz CT molecular complexity index is 686. The summed E-state index contributed by atoms with van der Waals surface area (Å²) in [6, 6.07) is -0.904. The molecule has 36 heavy (non-hydrogen) atoms. The molecule has 0 spiro atoms. The molecule has 1 amide bonds. The van der Waals surface area contributed by atoms with Gasteiger partial charge in [-0.1, -0.05) is 51.9 Å². The van der Waals surface area contributed by atoms with E-state index in [0.29, 0.717) is 6.61 Å². The summed E-state index contributed by atoms with van der Waals surface area (Å²) in [5.74, 6) is -2.23. The molecule has 0 radical (unpaired) electrons. The van der Waals surface area contributed by atoms with Crippen molar-refractivity contribution in [2.75, 3.05) is 26.9 Å². The number of unbranched alkanes of at least 4 members (excludes halogenated alkanes) is 7. The third-order valence-corrected chi connectivity index (χ3v) is 5.67. The number of esters is 3. The second kappa shape index (κ2) is 18.1. The molecule has 1 aliphatic rings. The highest BCUT2D eigenvalue weighted by atomic mass is 16.7. The van der Waals surface area contributed by atoms with E-state index in [4.69, 9.17) is 23.7 Å². The highest BCUT2D eigenvalue weighted by molar-refractivity contribution is 5.73. The number of hydrogen-bond acceptors (Lipinski definition) is 10. The minimum atomic E-state index is -1.09. The molecule has 0 saturated carbocycles. The third-order valence-electron chi connectivity index (χ3n) is 5.67. The van der Waals surface area contributed by atoms with Crippen LogP contribution in [-0.4, -0.2) is 81.4 Å². The number of nitrogens with one attached hydrogen (secondary N) is 1. The van der Waals surface area contributed by atoms with Crippen LogP contribution in [0.25, 0.3) is 0 Å². The van der Waals surface area contributed by atoms with Crippen LogP contribution in [-0.2, 0) is 47.6 Å². The van der Waals surface area contributed by atoms with Crippen molar-refractivity contribution in [3.05, 3.63) is 0 Å². The smallest absolute Gasteiger partial charge is 0.331 e. The second-order valence-electron chi connectivity index (χ2n) is 8.84. The van der Waals surface area contributed by atoms with Gasteiger partial charge in [0, 0.05) is 27.4 Å². The largest absolute Gasteiger partial charge is 0.467 e. The van der Waals surface area contributed by atoms with Gasteiger partial charge >= 0.3 is 17.9 Å². The van der Waals surface area contributed by atoms with Crippen molar-refractivity contribution in [2.45, 2.75) is 110 Å². The van der Waals surface area contributed by atoms with Crippen LogP contribution in [0.1, 0.15) is 79.1 Å². The third kappa shape index (κ3) is 12.6. The second-order valence-corrected chi connectivity index (χ2v) is 8.84. The van der Waals surface area contributed by atoms with Gasteiger partial charge in [-0.3, -0.25) is 14.4 Å². The molecule has 1 fully saturated rings. The van der Waals surface area contributed by atoms with Crippen LogP contribution in [0.4, 0.5) is 0 Å². The number of amides is 1. The molecule has 5 unspecified atom stereocenters. The van der Waals surface area contributed by atoms with Crippen LogP contribution in [0.2, 0.25) is 0 Å². The first-order valence-corrected chi connectivity index (χ1v) is 12.7. The summed E-state index contributed by atoms with van der Waals surface area (Å²) in [6.07, 6.45) is 4.93. The fraction of sp³-hybridized carbons (Fsp3) is 0.840. The summed E-state index contributed by atoms with van der Waals surface area (Å²) in [6.45, 7) is 5.62. The lowest BCUT2D eigenvalue weighted by atomic mass is 9.96. The summed E-state index contributed by atoms with van der Waals surface area (Å²) >= 11 is 0. The fourth-order valence-corrected chi connectivity index (χ4v) is 3.96. The van der Waals surface area contributed by atoms with E-state index in [2.05, 4.69) is 17.0 Å². The molecule has 208 valence electrons. The Morgan fingerprint density at radius 1 is 0.833 bits per heavy atom. The lowest BCUT2D eigenvalue weighted by Crippen LogP contribution is -2.66. The van der Waals surface area contributed by atoms with Gasteiger partial charge in [0.2, 0.25) is 5.91 Å². The summed E-state index contributed by atoms with van der Waals surface area (Å²) in [5.41, 5.74) is 0. The molecular formula is C25H43NO10. The van der Waals surface area contributed by atoms with Crippen molar-refractivity contribution in [3.63, 3.8) is 0 Å². The molecule has 0 bridgehead atoms. The first-order chi connectivity index (χ1) is 17.2. The SMILES string of the molecule is CCCCCCCCCCOC1OC(COC(C)=O)C(OC(C)=O)C(OCC(=O)OC)C1NC(C)=O. The quantitative estimate of drug-likeness (QED) is 0.174. The Hall–Kier alpha value is -2.24. The van der Waals surface area contributed by atoms with Gasteiger partial charge in [-0.05, 0) is 6.42 Å². The van der Waals surface area contributed by atoms with Gasteiger partial charge in [0.05, 0.1) is 7.11 Å². The van der Waals surface area contributed by atoms with Gasteiger partial charge in [0.15, 0.2) is 12.4 Å². The molecule has 11 heteroatoms. The predicted octanol–water partition coefficient (Wildman–Crippen LogP) is 2.43. The topological polar surface area (TPSA) is 136 Å². The molecule has 11 nitrogen and oxygen atoms in total. The Labute approximate surface area is 213 Å². The van der Waals surface area contributed by atoms with Gasteiger partial charge < -0.3 is 33.7 Å². The lowest BCUT2D eigenvalue weighted by Gasteiger charge is -2.45. The van der Waals surface area contributed by atoms with E-state index in [0.717, 1.165) is 19.3 Å². The molecule has 1 N–H and O–H groups in total. The maximum Gasteiger partial charge on any atom is 0.331 e. The summed E-state index contributed by atoms with van der Waals surface area (Å²) < 4.78 is 32.9. The Morgan fingerprint density at radius 3 is 2.03 bits per heavy atom. The zero-order valence-electron chi connectivity index (χ0n) is 22.2. The average Bonchev–Trinajstić information content (AvgIpc) is 2.81. The van der Waals surface area contributed by atoms with Gasteiger partial charge in [-0.2, -0.15) is 0 Å². The van der Waals surface area contributed by atoms with Crippen molar-refractivity contribution < 1.29 is 47.6 Å². The van der Waals surface area contributed by atoms with Crippen LogP contribution in [0, 0.1) is 0 Å². The van der Waals surface area contributed by atoms with Crippen LogP contribution in [0.5, 0.6) is 0 Å². The molecule has 0 aromatic heterocycles. The lowest BCUT2D eigenvalue weighted by molar-refractivity contribution is -0.281. The summed E-state index contributed by atoms with van der Waals surface area (Å²) in [7, 11) is 1.21. The molecule has 1 aliphatic heterocycles. The van der Waals surface area contributed by atoms with Gasteiger partial charge in [-0.15, -0.1) is 0 Å². The number of methoxy groups -OCH3 is 1. The zero-order chi connectivity index (χ0) is 26.9. The van der Waals surface area contributed by atoms with E-state index in [1.54, 1.807) is 0 Å². The van der Waals surface area contributed by atoms with E-state index in [1.165, 1.54) is 60.0 Å². The number of rotatable bonds is 17. The van der Waals surface area contributed by atoms with Gasteiger partial charge in [0.25, 0.3) is 0 Å². The molecule has 0 aromatic rings. The Balaban J connectivity index is 2.95. The minimum Gasteiger partial charge on any atom is -0.467 e. The normalized spacial score (nSPS) is 23.5. The van der Waals surface area contributed by atoms with Gasteiger partial charge in [0.1, 0.15) is 31.5 Å². The highest BCUT2D eigenvalue weighted by Crippen LogP contribution is 2.28. The first-order valence-electron chi connectivity index (χ1n) is 12.7. The molecular weight excluding hydrogens is 474 g/mol. The van der Waals surface area contributed by atoms with Crippen molar-refractivity contribution in [1.82, 2.24) is 5.32 Å². The minimum absolute atomic E-state index is 0.240. The Kier molecular flexibility index (Phi) is 16.0. The van der Waals surface area contributed by atoms with Crippen molar-refractivity contribution in [2.24, 2.45) is 0 Å². The predicted molar refractivity (Wildman–Crippen MR) is 129 cm³/mol. The van der Waals surface area contributed by atoms with Crippen molar-refractivity contribution >= 4 is 23.8 Å². The molecule has 1 rings (SSSR count). The summed E-state index contributed by atoms with van der Waals surface area (Å²) in [5, 5.41) is 2.73. The van der Waals surface area contributed by atoms with E-state index < -0.39 is 61.1 Å².